The summed E-state index contributed by atoms with van der Waals surface area (Å²) in [6.45, 7) is 2.33. The minimum Gasteiger partial charge on any atom is -0.363 e. The molecule has 208 valence electrons. The minimum absolute atomic E-state index is 0.0857. The number of nitro benzene ring substituents is 1. The summed E-state index contributed by atoms with van der Waals surface area (Å²) >= 11 is 5.93. The van der Waals surface area contributed by atoms with Crippen molar-refractivity contribution in [3.05, 3.63) is 105 Å². The average Bonchev–Trinajstić information content (AvgIpc) is 2.82. The fourth-order valence-electron chi connectivity index (χ4n) is 3.89. The van der Waals surface area contributed by atoms with Gasteiger partial charge in [-0.15, -0.1) is 0 Å². The molecule has 0 amide bonds. The molecule has 3 aromatic rings. The van der Waals surface area contributed by atoms with Crippen LogP contribution in [-0.2, 0) is 20.9 Å². The van der Waals surface area contributed by atoms with Gasteiger partial charge in [-0.2, -0.15) is 17.5 Å². The van der Waals surface area contributed by atoms with Crippen LogP contribution in [0.25, 0.3) is 0 Å². The number of hydrogen-bond acceptors (Lipinski definition) is 6. The van der Waals surface area contributed by atoms with Gasteiger partial charge in [-0.1, -0.05) is 41.9 Å². The van der Waals surface area contributed by atoms with Crippen molar-refractivity contribution in [2.45, 2.75) is 29.7 Å². The van der Waals surface area contributed by atoms with Crippen molar-refractivity contribution in [2.75, 3.05) is 26.2 Å². The van der Waals surface area contributed by atoms with Crippen LogP contribution in [0, 0.1) is 10.1 Å². The molecule has 0 radical (unpaired) electrons. The van der Waals surface area contributed by atoms with Crippen molar-refractivity contribution in [1.82, 2.24) is 9.62 Å². The zero-order chi connectivity index (χ0) is 28.2. The van der Waals surface area contributed by atoms with E-state index in [9.17, 15) is 31.7 Å². The van der Waals surface area contributed by atoms with Crippen molar-refractivity contribution >= 4 is 27.3 Å². The molecule has 1 unspecified atom stereocenters. The van der Waals surface area contributed by atoms with E-state index in [1.807, 2.05) is 0 Å². The summed E-state index contributed by atoms with van der Waals surface area (Å²) in [5.74, 6) is 0. The van der Waals surface area contributed by atoms with E-state index in [1.165, 1.54) is 49.8 Å². The minimum atomic E-state index is -4.62. The summed E-state index contributed by atoms with van der Waals surface area (Å²) in [5, 5.41) is 14.3. The summed E-state index contributed by atoms with van der Waals surface area (Å²) in [5.41, 5.74) is -0.765. The van der Waals surface area contributed by atoms with Gasteiger partial charge in [0.05, 0.1) is 21.5 Å². The Balaban J connectivity index is 0.000000808. The van der Waals surface area contributed by atoms with E-state index in [0.29, 0.717) is 10.6 Å². The Morgan fingerprint density at radius 1 is 1.00 bits per heavy atom. The molecule has 0 bridgehead atoms. The highest BCUT2D eigenvalue weighted by Crippen LogP contribution is 2.40. The van der Waals surface area contributed by atoms with E-state index in [0.717, 1.165) is 34.6 Å². The monoisotopic (exact) mass is 583 g/mol. The Kier molecular flexibility index (Phi) is 8.92. The highest BCUT2D eigenvalue weighted by Gasteiger charge is 2.41. The van der Waals surface area contributed by atoms with Gasteiger partial charge in [-0.25, -0.2) is 8.42 Å². The van der Waals surface area contributed by atoms with E-state index in [-0.39, 0.29) is 29.2 Å². The van der Waals surface area contributed by atoms with E-state index in [2.05, 4.69) is 5.32 Å². The maximum atomic E-state index is 13.7. The van der Waals surface area contributed by atoms with Crippen LogP contribution in [0.3, 0.4) is 0 Å². The topological polar surface area (TPSA) is 102 Å². The Morgan fingerprint density at radius 2 is 1.56 bits per heavy atom. The maximum absolute atomic E-state index is 13.7. The first-order valence-corrected chi connectivity index (χ1v) is 13.8. The molecule has 39 heavy (non-hydrogen) atoms. The molecule has 1 N–H and O–H groups in total. The maximum Gasteiger partial charge on any atom is 0.416 e. The van der Waals surface area contributed by atoms with E-state index < -0.39 is 38.9 Å². The van der Waals surface area contributed by atoms with Crippen LogP contribution in [-0.4, -0.2) is 49.9 Å². The predicted octanol–water partition coefficient (Wildman–Crippen LogP) is 5.43. The van der Waals surface area contributed by atoms with Crippen LogP contribution in [0.1, 0.15) is 29.2 Å². The fourth-order valence-corrected chi connectivity index (χ4v) is 5.52. The third kappa shape index (κ3) is 6.95. The lowest BCUT2D eigenvalue weighted by atomic mass is 9.96. The normalized spacial score (nSPS) is 16.8. The summed E-state index contributed by atoms with van der Waals surface area (Å²) in [4.78, 5) is 10.0. The van der Waals surface area contributed by atoms with Gasteiger partial charge in [0.1, 0.15) is 6.10 Å². The number of benzene rings is 3. The molecule has 5 rings (SSSR count). The zero-order valence-corrected chi connectivity index (χ0v) is 22.0. The average molecular weight is 584 g/mol. The lowest BCUT2D eigenvalue weighted by Crippen LogP contribution is -2.54. The van der Waals surface area contributed by atoms with Crippen LogP contribution >= 0.6 is 11.6 Å². The number of nitro groups is 1. The predicted molar refractivity (Wildman–Crippen MR) is 139 cm³/mol. The number of sulfonamides is 1. The first-order chi connectivity index (χ1) is 18.5. The van der Waals surface area contributed by atoms with Gasteiger partial charge < -0.3 is 10.1 Å². The molecular weight excluding hydrogens is 559 g/mol. The molecule has 8 nitrogen and oxygen atoms in total. The van der Waals surface area contributed by atoms with Gasteiger partial charge in [0.25, 0.3) is 5.69 Å². The van der Waals surface area contributed by atoms with E-state index in [4.69, 9.17) is 16.3 Å². The van der Waals surface area contributed by atoms with Gasteiger partial charge in [0.2, 0.25) is 10.0 Å². The molecule has 0 spiro atoms. The smallest absolute Gasteiger partial charge is 0.363 e. The fraction of sp³-hybridized carbons (Fsp3) is 0.308. The lowest BCUT2D eigenvalue weighted by molar-refractivity contribution is -0.384. The number of hydrogen-bond donors (Lipinski definition) is 1. The van der Waals surface area contributed by atoms with Gasteiger partial charge in [0, 0.05) is 30.2 Å². The molecule has 2 saturated heterocycles. The molecule has 0 saturated carbocycles. The number of rotatable bonds is 7. The second-order valence-electron chi connectivity index (χ2n) is 8.95. The Bertz CT molecular complexity index is 1390. The summed E-state index contributed by atoms with van der Waals surface area (Å²) in [7, 11) is -3.95. The quantitative estimate of drug-likeness (QED) is 0.294. The third-order valence-corrected chi connectivity index (χ3v) is 8.35. The molecule has 2 aliphatic rings. The van der Waals surface area contributed by atoms with Gasteiger partial charge >= 0.3 is 6.18 Å². The Hall–Kier alpha value is -3.03. The molecule has 2 heterocycles. The first-order valence-electron chi connectivity index (χ1n) is 12.0. The van der Waals surface area contributed by atoms with Crippen molar-refractivity contribution < 1.29 is 31.2 Å². The molecule has 3 aromatic carbocycles. The van der Waals surface area contributed by atoms with Crippen LogP contribution in [0.5, 0.6) is 0 Å². The molecule has 2 fully saturated rings. The van der Waals surface area contributed by atoms with Crippen LogP contribution in [0.2, 0.25) is 5.02 Å². The second kappa shape index (κ2) is 12.0. The van der Waals surface area contributed by atoms with Gasteiger partial charge in [-0.3, -0.25) is 10.1 Å². The molecule has 1 atom stereocenters. The number of nitrogens with zero attached hydrogens (tertiary/aromatic N) is 2. The number of non-ortho nitro benzene ring substituents is 1. The number of alkyl halides is 3. The highest BCUT2D eigenvalue weighted by atomic mass is 35.5. The standard InChI is InChI=1S/C23H18ClF3N2O5S.C3H7N/c24-16-7-5-15(6-8-16)22(20-3-1-2-4-21(20)23(25,26)27)34-18-13-28(14-18)35(32,33)19-11-9-17(10-12-19)29(30)31;1-2-4-3-1/h1-12,18,22H,13-14H2;4H,1-3H2. The summed E-state index contributed by atoms with van der Waals surface area (Å²) in [6.07, 6.45) is -5.01. The molecule has 0 aliphatic carbocycles. The molecule has 0 aromatic heterocycles. The molecular formula is C26H25ClF3N3O5S. The lowest BCUT2D eigenvalue weighted by Gasteiger charge is -2.40. The third-order valence-electron chi connectivity index (χ3n) is 6.26. The van der Waals surface area contributed by atoms with Crippen molar-refractivity contribution in [2.24, 2.45) is 0 Å². The number of ether oxygens (including phenoxy) is 1. The zero-order valence-electron chi connectivity index (χ0n) is 20.5. The first kappa shape index (κ1) is 29.0. The van der Waals surface area contributed by atoms with E-state index in [1.54, 1.807) is 12.1 Å². The SMILES string of the molecule is C1CNC1.O=[N+]([O-])c1ccc(S(=O)(=O)N2CC(OC(c3ccc(Cl)cc3)c3ccccc3C(F)(F)F)C2)cc1. The second-order valence-corrected chi connectivity index (χ2v) is 11.3. The van der Waals surface area contributed by atoms with Crippen LogP contribution in [0.4, 0.5) is 18.9 Å². The number of nitrogens with one attached hydrogen (secondary N) is 1. The Morgan fingerprint density at radius 3 is 2.08 bits per heavy atom. The number of halogens is 4. The summed E-state index contributed by atoms with van der Waals surface area (Å²) in [6, 6.07) is 15.7. The summed E-state index contributed by atoms with van der Waals surface area (Å²) < 4.78 is 73.9. The molecule has 13 heteroatoms. The van der Waals surface area contributed by atoms with Crippen LogP contribution < -0.4 is 5.32 Å². The largest absolute Gasteiger partial charge is 0.416 e. The highest BCUT2D eigenvalue weighted by molar-refractivity contribution is 7.89. The van der Waals surface area contributed by atoms with E-state index >= 15 is 0 Å². The van der Waals surface area contributed by atoms with Crippen molar-refractivity contribution in [3.63, 3.8) is 0 Å². The molecule has 2 aliphatic heterocycles. The van der Waals surface area contributed by atoms with Crippen LogP contribution in [0.15, 0.2) is 77.7 Å². The van der Waals surface area contributed by atoms with Gasteiger partial charge in [-0.05, 0) is 61.0 Å². The van der Waals surface area contributed by atoms with Crippen molar-refractivity contribution in [3.8, 4) is 0 Å². The van der Waals surface area contributed by atoms with Gasteiger partial charge in [0.15, 0.2) is 0 Å². The Labute approximate surface area is 228 Å². The van der Waals surface area contributed by atoms with Crippen molar-refractivity contribution in [1.29, 1.82) is 0 Å².